The summed E-state index contributed by atoms with van der Waals surface area (Å²) in [5, 5.41) is 12.7. The number of aryl methyl sites for hydroxylation is 1. The number of methoxy groups -OCH3 is 1. The Hall–Kier alpha value is -4.14. The van der Waals surface area contributed by atoms with Gasteiger partial charge in [0.05, 0.1) is 33.8 Å². The van der Waals surface area contributed by atoms with Gasteiger partial charge < -0.3 is 19.1 Å². The smallest absolute Gasteiger partial charge is 0.293 e. The summed E-state index contributed by atoms with van der Waals surface area (Å²) in [7, 11) is 3.37. The number of anilines is 2. The summed E-state index contributed by atoms with van der Waals surface area (Å²) >= 11 is 0. The molecule has 0 atom stereocenters. The van der Waals surface area contributed by atoms with Crippen LogP contribution >= 0.6 is 0 Å². The molecule has 0 radical (unpaired) electrons. The molecule has 0 unspecified atom stereocenters. The van der Waals surface area contributed by atoms with Crippen LogP contribution in [0.5, 0.6) is 5.75 Å². The Morgan fingerprint density at radius 2 is 1.76 bits per heavy atom. The zero-order valence-corrected chi connectivity index (χ0v) is 18.4. The summed E-state index contributed by atoms with van der Waals surface area (Å²) in [5.74, 6) is 1.35. The van der Waals surface area contributed by atoms with E-state index in [-0.39, 0.29) is 11.1 Å². The second-order valence-corrected chi connectivity index (χ2v) is 8.02. The number of hydrogen-bond acceptors (Lipinski definition) is 7. The third-order valence-electron chi connectivity index (χ3n) is 6.30. The van der Waals surface area contributed by atoms with Crippen LogP contribution in [0.2, 0.25) is 0 Å². The molecular formula is C24H23N5O4. The van der Waals surface area contributed by atoms with Crippen molar-refractivity contribution in [3.63, 3.8) is 0 Å². The number of fused-ring (bicyclic) bond motifs is 2. The molecule has 4 aromatic rings. The van der Waals surface area contributed by atoms with E-state index in [0.29, 0.717) is 59.4 Å². The number of nitro benzene ring substituents is 1. The van der Waals surface area contributed by atoms with Gasteiger partial charge >= 0.3 is 0 Å². The lowest BCUT2D eigenvalue weighted by atomic mass is 10.1. The number of ether oxygens (including phenoxy) is 1. The normalized spacial score (nSPS) is 14.1. The summed E-state index contributed by atoms with van der Waals surface area (Å²) < 4.78 is 7.28. The summed E-state index contributed by atoms with van der Waals surface area (Å²) in [6, 6.07) is 14.4. The average Bonchev–Trinajstić information content (AvgIpc) is 2.86. The molecule has 5 rings (SSSR count). The van der Waals surface area contributed by atoms with Crippen LogP contribution in [0.3, 0.4) is 0 Å². The molecule has 3 heterocycles. The number of rotatable bonds is 4. The molecular weight excluding hydrogens is 422 g/mol. The minimum Gasteiger partial charge on any atom is -0.496 e. The Balaban J connectivity index is 1.62. The highest BCUT2D eigenvalue weighted by Gasteiger charge is 2.27. The van der Waals surface area contributed by atoms with Gasteiger partial charge in [-0.3, -0.25) is 14.9 Å². The lowest BCUT2D eigenvalue weighted by Crippen LogP contribution is -2.47. The number of nitro groups is 1. The van der Waals surface area contributed by atoms with E-state index in [2.05, 4.69) is 9.88 Å². The Morgan fingerprint density at radius 3 is 2.42 bits per heavy atom. The van der Waals surface area contributed by atoms with E-state index in [1.54, 1.807) is 18.3 Å². The van der Waals surface area contributed by atoms with E-state index in [1.165, 1.54) is 13.2 Å². The van der Waals surface area contributed by atoms with Gasteiger partial charge in [0, 0.05) is 45.5 Å². The van der Waals surface area contributed by atoms with Crippen molar-refractivity contribution in [2.45, 2.75) is 0 Å². The Bertz CT molecular complexity index is 1430. The zero-order chi connectivity index (χ0) is 23.1. The number of piperazine rings is 1. The Labute approximate surface area is 189 Å². The molecule has 168 valence electrons. The molecule has 1 fully saturated rings. The highest BCUT2D eigenvalue weighted by atomic mass is 16.6. The largest absolute Gasteiger partial charge is 0.496 e. The van der Waals surface area contributed by atoms with Gasteiger partial charge in [0.15, 0.2) is 0 Å². The highest BCUT2D eigenvalue weighted by molar-refractivity contribution is 5.99. The Morgan fingerprint density at radius 1 is 1.00 bits per heavy atom. The molecule has 0 bridgehead atoms. The van der Waals surface area contributed by atoms with Crippen molar-refractivity contribution in [1.29, 1.82) is 0 Å². The van der Waals surface area contributed by atoms with Crippen LogP contribution in [0, 0.1) is 10.1 Å². The zero-order valence-electron chi connectivity index (χ0n) is 18.4. The maximum Gasteiger partial charge on any atom is 0.293 e. The van der Waals surface area contributed by atoms with Crippen LogP contribution in [0.1, 0.15) is 0 Å². The van der Waals surface area contributed by atoms with Crippen molar-refractivity contribution in [3.05, 3.63) is 75.1 Å². The van der Waals surface area contributed by atoms with Crippen LogP contribution < -0.4 is 20.0 Å². The first-order valence-corrected chi connectivity index (χ1v) is 10.7. The van der Waals surface area contributed by atoms with Gasteiger partial charge in [-0.1, -0.05) is 12.1 Å². The molecule has 33 heavy (non-hydrogen) atoms. The van der Waals surface area contributed by atoms with E-state index < -0.39 is 4.92 Å². The monoisotopic (exact) mass is 445 g/mol. The molecule has 1 saturated heterocycles. The van der Waals surface area contributed by atoms with E-state index in [1.807, 2.05) is 46.8 Å². The lowest BCUT2D eigenvalue weighted by molar-refractivity contribution is -0.384. The van der Waals surface area contributed by atoms with E-state index in [0.717, 1.165) is 5.82 Å². The molecule has 0 amide bonds. The minimum absolute atomic E-state index is 0.0693. The van der Waals surface area contributed by atoms with Crippen molar-refractivity contribution in [2.24, 2.45) is 7.05 Å². The topological polar surface area (TPSA) is 93.7 Å². The van der Waals surface area contributed by atoms with Gasteiger partial charge in [0.25, 0.3) is 5.69 Å². The number of aromatic nitrogens is 2. The van der Waals surface area contributed by atoms with Gasteiger partial charge in [0.1, 0.15) is 17.3 Å². The highest BCUT2D eigenvalue weighted by Crippen LogP contribution is 2.35. The molecule has 2 aromatic heterocycles. The van der Waals surface area contributed by atoms with E-state index in [4.69, 9.17) is 4.74 Å². The lowest BCUT2D eigenvalue weighted by Gasteiger charge is -2.36. The van der Waals surface area contributed by atoms with Gasteiger partial charge in [-0.05, 0) is 30.3 Å². The van der Waals surface area contributed by atoms with E-state index >= 15 is 0 Å². The third kappa shape index (κ3) is 3.42. The van der Waals surface area contributed by atoms with Crippen LogP contribution in [-0.4, -0.2) is 47.8 Å². The molecule has 0 saturated carbocycles. The van der Waals surface area contributed by atoms with Crippen molar-refractivity contribution >= 4 is 39.0 Å². The maximum atomic E-state index is 13.3. The van der Waals surface area contributed by atoms with Crippen LogP contribution in [0.25, 0.3) is 21.8 Å². The number of hydrogen-bond donors (Lipinski definition) is 0. The first-order valence-electron chi connectivity index (χ1n) is 10.7. The Kier molecular flexibility index (Phi) is 5.08. The molecule has 0 spiro atoms. The van der Waals surface area contributed by atoms with Crippen LogP contribution in [-0.2, 0) is 7.05 Å². The fraction of sp³-hybridized carbons (Fsp3) is 0.250. The molecule has 1 aliphatic rings. The molecule has 9 nitrogen and oxygen atoms in total. The summed E-state index contributed by atoms with van der Waals surface area (Å²) in [6.07, 6.45) is 1.76. The predicted octanol–water partition coefficient (Wildman–Crippen LogP) is 3.33. The SMILES string of the molecule is COc1cccc2c1c(=O)c1cc([N+](=O)[O-])c(N3CCN(c4ccccn4)CC3)cc1n2C. The van der Waals surface area contributed by atoms with Gasteiger partial charge in [0.2, 0.25) is 5.43 Å². The van der Waals surface area contributed by atoms with Gasteiger partial charge in [-0.25, -0.2) is 4.98 Å². The second kappa shape index (κ2) is 8.09. The van der Waals surface area contributed by atoms with Gasteiger partial charge in [-0.15, -0.1) is 0 Å². The summed E-state index contributed by atoms with van der Waals surface area (Å²) in [5.41, 5.74) is 1.54. The van der Waals surface area contributed by atoms with Crippen molar-refractivity contribution in [1.82, 2.24) is 9.55 Å². The number of nitrogens with zero attached hydrogens (tertiary/aromatic N) is 5. The average molecular weight is 445 g/mol. The first kappa shape index (κ1) is 20.7. The predicted molar refractivity (Wildman–Crippen MR) is 129 cm³/mol. The summed E-state index contributed by atoms with van der Waals surface area (Å²) in [6.45, 7) is 2.61. The van der Waals surface area contributed by atoms with Crippen LogP contribution in [0.4, 0.5) is 17.2 Å². The molecule has 9 heteroatoms. The fourth-order valence-electron chi connectivity index (χ4n) is 4.60. The molecule has 2 aromatic carbocycles. The van der Waals surface area contributed by atoms with E-state index in [9.17, 15) is 14.9 Å². The van der Waals surface area contributed by atoms with Crippen molar-refractivity contribution in [2.75, 3.05) is 43.1 Å². The minimum atomic E-state index is -0.411. The molecule has 1 aliphatic heterocycles. The van der Waals surface area contributed by atoms with Crippen LogP contribution in [0.15, 0.2) is 59.5 Å². The maximum absolute atomic E-state index is 13.3. The fourth-order valence-corrected chi connectivity index (χ4v) is 4.60. The van der Waals surface area contributed by atoms with Crippen molar-refractivity contribution < 1.29 is 9.66 Å². The quantitative estimate of drug-likeness (QED) is 0.270. The molecule has 0 aliphatic carbocycles. The number of benzene rings is 2. The van der Waals surface area contributed by atoms with Crippen molar-refractivity contribution in [3.8, 4) is 5.75 Å². The number of pyridine rings is 2. The summed E-state index contributed by atoms with van der Waals surface area (Å²) in [4.78, 5) is 33.5. The molecule has 0 N–H and O–H groups in total. The third-order valence-corrected chi connectivity index (χ3v) is 6.30. The standard InChI is InChI=1S/C24H23N5O4/c1-26-17-6-5-7-21(33-2)23(17)24(30)16-14-20(29(31)32)19(15-18(16)26)27-10-12-28(13-11-27)22-8-3-4-9-25-22/h3-9,14-15H,10-13H2,1-2H3. The second-order valence-electron chi connectivity index (χ2n) is 8.02. The van der Waals surface area contributed by atoms with Gasteiger partial charge in [-0.2, -0.15) is 0 Å². The first-order chi connectivity index (χ1) is 16.0.